The first-order chi connectivity index (χ1) is 5.93. The van der Waals surface area contributed by atoms with Crippen molar-refractivity contribution in [1.29, 1.82) is 5.26 Å². The summed E-state index contributed by atoms with van der Waals surface area (Å²) in [5.74, 6) is 0. The van der Waals surface area contributed by atoms with Gasteiger partial charge in [-0.3, -0.25) is 0 Å². The first-order valence-corrected chi connectivity index (χ1v) is 4.53. The summed E-state index contributed by atoms with van der Waals surface area (Å²) in [6.07, 6.45) is 4.74. The van der Waals surface area contributed by atoms with E-state index in [1.807, 2.05) is 0 Å². The fraction of sp³-hybridized carbons (Fsp3) is 0.889. The third-order valence-corrected chi connectivity index (χ3v) is 1.87. The summed E-state index contributed by atoms with van der Waals surface area (Å²) >= 11 is 0. The molecular formula is C9H15NO2. The molecule has 0 unspecified atom stereocenters. The maximum absolute atomic E-state index is 8.27. The average Bonchev–Trinajstić information content (AvgIpc) is 2.14. The predicted molar refractivity (Wildman–Crippen MR) is 44.4 cm³/mol. The molecule has 0 aliphatic carbocycles. The van der Waals surface area contributed by atoms with Crippen molar-refractivity contribution in [2.45, 2.75) is 38.4 Å². The molecule has 0 N–H and O–H groups in total. The lowest BCUT2D eigenvalue weighted by molar-refractivity contribution is -0.162. The fourth-order valence-corrected chi connectivity index (χ4v) is 1.21. The molecule has 1 aliphatic heterocycles. The quantitative estimate of drug-likeness (QED) is 0.603. The minimum Gasteiger partial charge on any atom is -0.353 e. The van der Waals surface area contributed by atoms with Gasteiger partial charge in [-0.05, 0) is 25.7 Å². The fourth-order valence-electron chi connectivity index (χ4n) is 1.21. The molecule has 0 aromatic rings. The first-order valence-electron chi connectivity index (χ1n) is 4.53. The van der Waals surface area contributed by atoms with E-state index in [-0.39, 0.29) is 6.29 Å². The van der Waals surface area contributed by atoms with Gasteiger partial charge in [-0.1, -0.05) is 0 Å². The van der Waals surface area contributed by atoms with Crippen LogP contribution in [0.1, 0.15) is 32.1 Å². The van der Waals surface area contributed by atoms with Gasteiger partial charge in [0.1, 0.15) is 0 Å². The highest BCUT2D eigenvalue weighted by molar-refractivity contribution is 4.67. The molecule has 0 saturated carbocycles. The Morgan fingerprint density at radius 3 is 3.08 bits per heavy atom. The van der Waals surface area contributed by atoms with Gasteiger partial charge in [-0.2, -0.15) is 5.26 Å². The number of hydrogen-bond donors (Lipinski definition) is 0. The summed E-state index contributed by atoms with van der Waals surface area (Å²) in [4.78, 5) is 0. The highest BCUT2D eigenvalue weighted by atomic mass is 16.7. The van der Waals surface area contributed by atoms with Crippen LogP contribution in [0, 0.1) is 11.3 Å². The standard InChI is InChI=1S/C9H15NO2/c10-6-2-4-8-12-9-5-1-3-7-11-9/h9H,1-5,7-8H2/t9-/m0/s1. The van der Waals surface area contributed by atoms with Crippen molar-refractivity contribution in [1.82, 2.24) is 0 Å². The SMILES string of the molecule is N#CCCCO[C@H]1CCCCO1. The third kappa shape index (κ3) is 3.70. The van der Waals surface area contributed by atoms with Crippen LogP contribution in [-0.2, 0) is 9.47 Å². The lowest BCUT2D eigenvalue weighted by Gasteiger charge is -2.22. The van der Waals surface area contributed by atoms with Crippen LogP contribution in [0.3, 0.4) is 0 Å². The van der Waals surface area contributed by atoms with Crippen molar-refractivity contribution in [3.8, 4) is 6.07 Å². The van der Waals surface area contributed by atoms with Crippen LogP contribution < -0.4 is 0 Å². The van der Waals surface area contributed by atoms with Crippen molar-refractivity contribution in [2.75, 3.05) is 13.2 Å². The van der Waals surface area contributed by atoms with Crippen molar-refractivity contribution in [3.63, 3.8) is 0 Å². The molecule has 1 fully saturated rings. The highest BCUT2D eigenvalue weighted by Crippen LogP contribution is 2.13. The molecular weight excluding hydrogens is 154 g/mol. The smallest absolute Gasteiger partial charge is 0.157 e. The first kappa shape index (κ1) is 9.50. The summed E-state index contributed by atoms with van der Waals surface area (Å²) in [7, 11) is 0. The number of hydrogen-bond acceptors (Lipinski definition) is 3. The van der Waals surface area contributed by atoms with Gasteiger partial charge in [-0.15, -0.1) is 0 Å². The monoisotopic (exact) mass is 169 g/mol. The summed E-state index contributed by atoms with van der Waals surface area (Å²) in [5, 5.41) is 8.27. The Balaban J connectivity index is 1.95. The van der Waals surface area contributed by atoms with Crippen molar-refractivity contribution in [2.24, 2.45) is 0 Å². The van der Waals surface area contributed by atoms with Gasteiger partial charge < -0.3 is 9.47 Å². The molecule has 68 valence electrons. The molecule has 1 saturated heterocycles. The van der Waals surface area contributed by atoms with E-state index < -0.39 is 0 Å². The molecule has 0 radical (unpaired) electrons. The summed E-state index contributed by atoms with van der Waals surface area (Å²) in [6, 6.07) is 2.08. The Hall–Kier alpha value is -0.590. The van der Waals surface area contributed by atoms with Crippen LogP contribution in [0.25, 0.3) is 0 Å². The average molecular weight is 169 g/mol. The van der Waals surface area contributed by atoms with Gasteiger partial charge in [0.15, 0.2) is 6.29 Å². The molecule has 1 aliphatic rings. The molecule has 0 aromatic carbocycles. The van der Waals surface area contributed by atoms with E-state index in [2.05, 4.69) is 6.07 Å². The number of ether oxygens (including phenoxy) is 2. The number of rotatable bonds is 4. The zero-order chi connectivity index (χ0) is 8.65. The van der Waals surface area contributed by atoms with Crippen LogP contribution in [0.5, 0.6) is 0 Å². The van der Waals surface area contributed by atoms with Gasteiger partial charge in [0, 0.05) is 13.0 Å². The molecule has 3 nitrogen and oxygen atoms in total. The van der Waals surface area contributed by atoms with E-state index in [0.717, 1.165) is 25.9 Å². The summed E-state index contributed by atoms with van der Waals surface area (Å²) in [6.45, 7) is 1.47. The Kier molecular flexibility index (Phi) is 4.74. The molecule has 0 bridgehead atoms. The maximum Gasteiger partial charge on any atom is 0.157 e. The number of nitriles is 1. The highest BCUT2D eigenvalue weighted by Gasteiger charge is 2.12. The van der Waals surface area contributed by atoms with E-state index in [4.69, 9.17) is 14.7 Å². The molecule has 3 heteroatoms. The van der Waals surface area contributed by atoms with Crippen molar-refractivity contribution >= 4 is 0 Å². The second-order valence-corrected chi connectivity index (χ2v) is 2.93. The van der Waals surface area contributed by atoms with Gasteiger partial charge in [0.2, 0.25) is 0 Å². The zero-order valence-electron chi connectivity index (χ0n) is 7.29. The van der Waals surface area contributed by atoms with Crippen molar-refractivity contribution < 1.29 is 9.47 Å². The Morgan fingerprint density at radius 1 is 1.50 bits per heavy atom. The van der Waals surface area contributed by atoms with Gasteiger partial charge in [0.25, 0.3) is 0 Å². The van der Waals surface area contributed by atoms with Gasteiger partial charge in [-0.25, -0.2) is 0 Å². The van der Waals surface area contributed by atoms with E-state index >= 15 is 0 Å². The molecule has 0 spiro atoms. The lowest BCUT2D eigenvalue weighted by atomic mass is 10.2. The second-order valence-electron chi connectivity index (χ2n) is 2.93. The van der Waals surface area contributed by atoms with Crippen LogP contribution in [-0.4, -0.2) is 19.5 Å². The van der Waals surface area contributed by atoms with E-state index in [1.54, 1.807) is 0 Å². The normalized spacial score (nSPS) is 23.4. The Labute approximate surface area is 73.3 Å². The molecule has 0 amide bonds. The van der Waals surface area contributed by atoms with E-state index in [1.165, 1.54) is 6.42 Å². The van der Waals surface area contributed by atoms with Gasteiger partial charge in [0.05, 0.1) is 12.7 Å². The predicted octanol–water partition coefficient (Wildman–Crippen LogP) is 1.83. The zero-order valence-corrected chi connectivity index (χ0v) is 7.29. The Bertz CT molecular complexity index is 147. The minimum atomic E-state index is -0.00237. The minimum absolute atomic E-state index is 0.00237. The molecule has 1 rings (SSSR count). The topological polar surface area (TPSA) is 42.2 Å². The van der Waals surface area contributed by atoms with Crippen LogP contribution in [0.4, 0.5) is 0 Å². The second kappa shape index (κ2) is 5.99. The van der Waals surface area contributed by atoms with E-state index in [9.17, 15) is 0 Å². The molecule has 1 atom stereocenters. The Morgan fingerprint density at radius 2 is 2.42 bits per heavy atom. The third-order valence-electron chi connectivity index (χ3n) is 1.87. The molecule has 1 heterocycles. The summed E-state index contributed by atoms with van der Waals surface area (Å²) in [5.41, 5.74) is 0. The number of nitrogens with zero attached hydrogens (tertiary/aromatic N) is 1. The molecule has 0 aromatic heterocycles. The van der Waals surface area contributed by atoms with E-state index in [0.29, 0.717) is 13.0 Å². The van der Waals surface area contributed by atoms with Gasteiger partial charge >= 0.3 is 0 Å². The largest absolute Gasteiger partial charge is 0.353 e. The van der Waals surface area contributed by atoms with Crippen molar-refractivity contribution in [3.05, 3.63) is 0 Å². The number of unbranched alkanes of at least 4 members (excludes halogenated alkanes) is 1. The van der Waals surface area contributed by atoms with Crippen LogP contribution >= 0.6 is 0 Å². The molecule has 12 heavy (non-hydrogen) atoms. The van der Waals surface area contributed by atoms with Crippen LogP contribution in [0.15, 0.2) is 0 Å². The maximum atomic E-state index is 8.27. The summed E-state index contributed by atoms with van der Waals surface area (Å²) < 4.78 is 10.8. The lowest BCUT2D eigenvalue weighted by Crippen LogP contribution is -2.22. The van der Waals surface area contributed by atoms with Crippen LogP contribution in [0.2, 0.25) is 0 Å².